The number of amidine groups is 1. The summed E-state index contributed by atoms with van der Waals surface area (Å²) in [6.07, 6.45) is -8.95. The maximum absolute atomic E-state index is 12.9. The molecule has 22 heavy (non-hydrogen) atoms. The van der Waals surface area contributed by atoms with Crippen molar-refractivity contribution in [1.29, 1.82) is 0 Å². The molecule has 2 heterocycles. The second-order valence-electron chi connectivity index (χ2n) is 5.26. The summed E-state index contributed by atoms with van der Waals surface area (Å²) in [4.78, 5) is 4.08. The van der Waals surface area contributed by atoms with Crippen molar-refractivity contribution in [3.63, 3.8) is 0 Å². The molecule has 6 atom stereocenters. The molecule has 4 N–H and O–H groups in total. The molecular formula is C12H17F3N2O4S. The Morgan fingerprint density at radius 2 is 2.05 bits per heavy atom. The Morgan fingerprint density at radius 3 is 2.59 bits per heavy atom. The molecule has 0 aromatic carbocycles. The molecule has 0 aromatic rings. The number of hydrogen-bond acceptors (Lipinski definition) is 7. The van der Waals surface area contributed by atoms with Gasteiger partial charge in [-0.3, -0.25) is 4.99 Å². The summed E-state index contributed by atoms with van der Waals surface area (Å²) in [7, 11) is 0. The minimum atomic E-state index is -5.01. The first-order valence-corrected chi connectivity index (χ1v) is 7.37. The van der Waals surface area contributed by atoms with Crippen LogP contribution in [0.2, 0.25) is 0 Å². The molecule has 0 radical (unpaired) electrons. The molecule has 1 fully saturated rings. The largest absolute Gasteiger partial charge is 0.419 e. The van der Waals surface area contributed by atoms with E-state index < -0.39 is 41.6 Å². The van der Waals surface area contributed by atoms with Crippen molar-refractivity contribution < 1.29 is 33.2 Å². The Labute approximate surface area is 129 Å². The number of alkyl halides is 3. The number of aliphatic hydroxyl groups excluding tert-OH is 2. The van der Waals surface area contributed by atoms with Crippen LogP contribution in [0, 0.1) is 0 Å². The zero-order valence-corrected chi connectivity index (χ0v) is 12.4. The molecule has 0 saturated carbocycles. The first kappa shape index (κ1) is 17.5. The molecular weight excluding hydrogens is 325 g/mol. The molecule has 0 spiro atoms. The van der Waals surface area contributed by atoms with Gasteiger partial charge in [-0.2, -0.15) is 13.2 Å². The van der Waals surface area contributed by atoms with E-state index in [-0.39, 0.29) is 0 Å². The van der Waals surface area contributed by atoms with Crippen molar-refractivity contribution in [3.8, 4) is 0 Å². The number of aliphatic imine (C=N–C) groups is 1. The minimum Gasteiger partial charge on any atom is -0.388 e. The van der Waals surface area contributed by atoms with E-state index in [0.717, 1.165) is 11.8 Å². The minimum absolute atomic E-state index is 0.369. The third-order valence-electron chi connectivity index (χ3n) is 3.59. The van der Waals surface area contributed by atoms with Gasteiger partial charge in [0.25, 0.3) is 0 Å². The van der Waals surface area contributed by atoms with Gasteiger partial charge in [0.2, 0.25) is 0 Å². The first-order valence-electron chi connectivity index (χ1n) is 6.49. The normalized spacial score (nSPS) is 38.0. The van der Waals surface area contributed by atoms with E-state index in [4.69, 9.17) is 4.74 Å². The van der Waals surface area contributed by atoms with E-state index in [1.54, 1.807) is 6.08 Å². The van der Waals surface area contributed by atoms with E-state index in [1.807, 2.05) is 0 Å². The van der Waals surface area contributed by atoms with Crippen molar-refractivity contribution in [1.82, 2.24) is 5.32 Å². The Kier molecular flexibility index (Phi) is 4.79. The van der Waals surface area contributed by atoms with E-state index in [9.17, 15) is 28.5 Å². The number of nitrogens with zero attached hydrogens (tertiary/aromatic N) is 1. The number of nitrogens with one attached hydrogen (secondary N) is 1. The Bertz CT molecular complexity index is 472. The van der Waals surface area contributed by atoms with Crippen molar-refractivity contribution in [2.75, 3.05) is 6.54 Å². The topological polar surface area (TPSA) is 94.3 Å². The van der Waals surface area contributed by atoms with Crippen LogP contribution in [0.3, 0.4) is 0 Å². The zero-order valence-electron chi connectivity index (χ0n) is 11.6. The summed E-state index contributed by atoms with van der Waals surface area (Å²) < 4.78 is 44.0. The third-order valence-corrected chi connectivity index (χ3v) is 4.68. The van der Waals surface area contributed by atoms with Gasteiger partial charge in [-0.05, 0) is 6.92 Å². The highest BCUT2D eigenvalue weighted by Gasteiger charge is 2.62. The van der Waals surface area contributed by atoms with Gasteiger partial charge in [0, 0.05) is 6.54 Å². The number of rotatable bonds is 3. The van der Waals surface area contributed by atoms with Crippen molar-refractivity contribution in [2.45, 2.75) is 48.5 Å². The molecule has 1 saturated heterocycles. The number of hydrogen-bond donors (Lipinski definition) is 4. The van der Waals surface area contributed by atoms with Crippen LogP contribution in [0.5, 0.6) is 0 Å². The summed E-state index contributed by atoms with van der Waals surface area (Å²) >= 11 is 0.990. The quantitative estimate of drug-likeness (QED) is 0.539. The SMILES string of the molecule is C=CCNC1=N[C@@H]2[C@@H](O)[C@H](O)[C@@H]([C@@](C)(O)C(F)(F)F)O[C@@H]2S1. The fourth-order valence-corrected chi connectivity index (χ4v) is 3.34. The number of fused-ring (bicyclic) bond motifs is 1. The molecule has 2 aliphatic heterocycles. The molecule has 0 bridgehead atoms. The average Bonchev–Trinajstić information content (AvgIpc) is 2.82. The van der Waals surface area contributed by atoms with Gasteiger partial charge in [0.1, 0.15) is 29.8 Å². The zero-order chi connectivity index (χ0) is 16.7. The Balaban J connectivity index is 2.18. The van der Waals surface area contributed by atoms with Crippen LogP contribution in [-0.4, -0.2) is 68.6 Å². The van der Waals surface area contributed by atoms with Crippen LogP contribution in [0.4, 0.5) is 13.2 Å². The fraction of sp³-hybridized carbons (Fsp3) is 0.750. The van der Waals surface area contributed by atoms with Crippen molar-refractivity contribution in [2.24, 2.45) is 4.99 Å². The van der Waals surface area contributed by atoms with Gasteiger partial charge in [-0.1, -0.05) is 17.8 Å². The van der Waals surface area contributed by atoms with Gasteiger partial charge in [-0.15, -0.1) is 6.58 Å². The van der Waals surface area contributed by atoms with Crippen LogP contribution in [0.25, 0.3) is 0 Å². The summed E-state index contributed by atoms with van der Waals surface area (Å²) in [6, 6.07) is -0.910. The standard InChI is InChI=1S/C12H17F3N2O4S/c1-3-4-16-10-17-5-6(18)7(19)8(21-9(5)22-10)11(2,20)12(13,14)15/h3,5-9,18-20H,1,4H2,2H3,(H,16,17)/t5-,6-,7+,8+,9-,11-/m1/s1. The predicted molar refractivity (Wildman–Crippen MR) is 74.4 cm³/mol. The van der Waals surface area contributed by atoms with E-state index >= 15 is 0 Å². The highest BCUT2D eigenvalue weighted by Crippen LogP contribution is 2.43. The van der Waals surface area contributed by atoms with E-state index in [2.05, 4.69) is 16.9 Å². The molecule has 0 unspecified atom stereocenters. The van der Waals surface area contributed by atoms with Crippen LogP contribution in [0.15, 0.2) is 17.6 Å². The molecule has 2 aliphatic rings. The van der Waals surface area contributed by atoms with Gasteiger partial charge < -0.3 is 25.4 Å². The third kappa shape index (κ3) is 2.98. The molecule has 10 heteroatoms. The smallest absolute Gasteiger partial charge is 0.388 e. The van der Waals surface area contributed by atoms with Crippen molar-refractivity contribution >= 4 is 16.9 Å². The van der Waals surface area contributed by atoms with E-state index in [1.165, 1.54) is 0 Å². The Morgan fingerprint density at radius 1 is 1.41 bits per heavy atom. The lowest BCUT2D eigenvalue weighted by Crippen LogP contribution is -2.66. The highest BCUT2D eigenvalue weighted by molar-refractivity contribution is 8.14. The predicted octanol–water partition coefficient (Wildman–Crippen LogP) is -0.00660. The first-order chi connectivity index (χ1) is 10.1. The van der Waals surface area contributed by atoms with Gasteiger partial charge >= 0.3 is 6.18 Å². The van der Waals surface area contributed by atoms with Crippen LogP contribution < -0.4 is 5.32 Å². The molecule has 0 amide bonds. The van der Waals surface area contributed by atoms with Crippen LogP contribution >= 0.6 is 11.8 Å². The van der Waals surface area contributed by atoms with Gasteiger partial charge in [-0.25, -0.2) is 0 Å². The summed E-state index contributed by atoms with van der Waals surface area (Å²) in [5, 5.41) is 32.8. The number of halogens is 3. The van der Waals surface area contributed by atoms with Crippen molar-refractivity contribution in [3.05, 3.63) is 12.7 Å². The Hall–Kier alpha value is -0.810. The second-order valence-corrected chi connectivity index (χ2v) is 6.35. The van der Waals surface area contributed by atoms with E-state index in [0.29, 0.717) is 18.6 Å². The van der Waals surface area contributed by atoms with Crippen LogP contribution in [-0.2, 0) is 4.74 Å². The molecule has 126 valence electrons. The van der Waals surface area contributed by atoms with Gasteiger partial charge in [0.05, 0.1) is 0 Å². The molecule has 2 rings (SSSR count). The second kappa shape index (κ2) is 6.00. The lowest BCUT2D eigenvalue weighted by molar-refractivity contribution is -0.317. The summed E-state index contributed by atoms with van der Waals surface area (Å²) in [6.45, 7) is 4.39. The lowest BCUT2D eigenvalue weighted by atomic mass is 9.87. The number of thioether (sulfide) groups is 1. The van der Waals surface area contributed by atoms with Crippen LogP contribution in [0.1, 0.15) is 6.92 Å². The molecule has 6 nitrogen and oxygen atoms in total. The number of aliphatic hydroxyl groups is 3. The maximum atomic E-state index is 12.9. The maximum Gasteiger partial charge on any atom is 0.419 e. The molecule has 0 aromatic heterocycles. The monoisotopic (exact) mass is 342 g/mol. The average molecular weight is 342 g/mol. The lowest BCUT2D eigenvalue weighted by Gasteiger charge is -2.44. The highest BCUT2D eigenvalue weighted by atomic mass is 32.2. The summed E-state index contributed by atoms with van der Waals surface area (Å²) in [5.41, 5.74) is -4.22. The fourth-order valence-electron chi connectivity index (χ4n) is 2.23. The number of ether oxygens (including phenoxy) is 1. The van der Waals surface area contributed by atoms with Gasteiger partial charge in [0.15, 0.2) is 10.8 Å². The summed E-state index contributed by atoms with van der Waals surface area (Å²) in [5.74, 6) is 0. The molecule has 0 aliphatic carbocycles.